The van der Waals surface area contributed by atoms with Crippen LogP contribution in [0.1, 0.15) is 25.3 Å². The Morgan fingerprint density at radius 2 is 2.06 bits per heavy atom. The van der Waals surface area contributed by atoms with Crippen LogP contribution in [0, 0.1) is 16.0 Å². The topological polar surface area (TPSA) is 129 Å². The lowest BCUT2D eigenvalue weighted by Crippen LogP contribution is -2.40. The van der Waals surface area contributed by atoms with Crippen LogP contribution < -0.4 is 19.7 Å². The quantitative estimate of drug-likeness (QED) is 0.322. The number of benzene rings is 1. The molecule has 3 rings (SSSR count). The maximum absolute atomic E-state index is 12.2. The van der Waals surface area contributed by atoms with E-state index in [-0.39, 0.29) is 29.2 Å². The molecule has 1 aromatic heterocycles. The van der Waals surface area contributed by atoms with E-state index < -0.39 is 4.92 Å². The third-order valence-corrected chi connectivity index (χ3v) is 5.48. The van der Waals surface area contributed by atoms with Crippen molar-refractivity contribution < 1.29 is 23.9 Å². The summed E-state index contributed by atoms with van der Waals surface area (Å²) in [6.45, 7) is 3.36. The summed E-state index contributed by atoms with van der Waals surface area (Å²) >= 11 is 0. The first-order valence-electron chi connectivity index (χ1n) is 10.8. The number of hydrogen-bond acceptors (Lipinski definition) is 10. The van der Waals surface area contributed by atoms with Gasteiger partial charge in [-0.25, -0.2) is 9.97 Å². The van der Waals surface area contributed by atoms with Gasteiger partial charge in [0.2, 0.25) is 11.6 Å². The maximum Gasteiger partial charge on any atom is 0.353 e. The molecule has 2 heterocycles. The molecule has 1 aliphatic heterocycles. The van der Waals surface area contributed by atoms with Gasteiger partial charge in [-0.15, -0.1) is 0 Å². The van der Waals surface area contributed by atoms with Crippen LogP contribution in [0.4, 0.5) is 17.3 Å². The van der Waals surface area contributed by atoms with Gasteiger partial charge in [-0.2, -0.15) is 0 Å². The van der Waals surface area contributed by atoms with Crippen molar-refractivity contribution in [2.24, 2.45) is 5.92 Å². The zero-order valence-electron chi connectivity index (χ0n) is 19.1. The van der Waals surface area contributed by atoms with E-state index in [9.17, 15) is 14.9 Å². The van der Waals surface area contributed by atoms with Crippen molar-refractivity contribution in [1.82, 2.24) is 9.97 Å². The molecule has 2 aromatic rings. The molecular weight excluding hydrogens is 430 g/mol. The molecule has 0 aliphatic carbocycles. The minimum Gasteiger partial charge on any atom is -0.493 e. The lowest BCUT2D eigenvalue weighted by molar-refractivity contribution is -0.383. The Balaban J connectivity index is 1.74. The van der Waals surface area contributed by atoms with Crippen molar-refractivity contribution in [3.05, 3.63) is 40.2 Å². The molecule has 0 bridgehead atoms. The van der Waals surface area contributed by atoms with Crippen molar-refractivity contribution in [1.29, 1.82) is 0 Å². The predicted octanol–water partition coefficient (Wildman–Crippen LogP) is 2.84. The van der Waals surface area contributed by atoms with Crippen LogP contribution in [0.3, 0.4) is 0 Å². The fourth-order valence-corrected chi connectivity index (χ4v) is 3.88. The average molecular weight is 460 g/mol. The molecule has 1 aromatic carbocycles. The van der Waals surface area contributed by atoms with Gasteiger partial charge in [0.15, 0.2) is 11.5 Å². The highest BCUT2D eigenvalue weighted by Crippen LogP contribution is 2.34. The zero-order chi connectivity index (χ0) is 23.8. The average Bonchev–Trinajstić information content (AvgIpc) is 2.83. The molecule has 1 unspecified atom stereocenters. The third kappa shape index (κ3) is 5.79. The van der Waals surface area contributed by atoms with E-state index in [1.807, 2.05) is 18.2 Å². The maximum atomic E-state index is 12.2. The number of aromatic nitrogens is 2. The van der Waals surface area contributed by atoms with Gasteiger partial charge in [0, 0.05) is 19.6 Å². The van der Waals surface area contributed by atoms with E-state index in [2.05, 4.69) is 15.3 Å². The summed E-state index contributed by atoms with van der Waals surface area (Å²) in [6, 6.07) is 5.59. The molecule has 11 nitrogen and oxygen atoms in total. The molecule has 1 atom stereocenters. The van der Waals surface area contributed by atoms with Gasteiger partial charge in [0.25, 0.3) is 0 Å². The Hall–Kier alpha value is -3.63. The number of ether oxygens (including phenoxy) is 3. The first kappa shape index (κ1) is 24.0. The molecule has 178 valence electrons. The van der Waals surface area contributed by atoms with Crippen LogP contribution in [0.5, 0.6) is 11.5 Å². The molecule has 0 spiro atoms. The summed E-state index contributed by atoms with van der Waals surface area (Å²) in [6.07, 6.45) is 3.29. The number of rotatable bonds is 10. The smallest absolute Gasteiger partial charge is 0.353 e. The summed E-state index contributed by atoms with van der Waals surface area (Å²) < 4.78 is 15.7. The SMILES string of the molecule is CCOC(=O)C1CCCN(c2ncnc(NCCc3ccc(OC)c(OC)c3)c2[N+](=O)[O-])C1. The van der Waals surface area contributed by atoms with Gasteiger partial charge in [0.05, 0.1) is 31.7 Å². The Morgan fingerprint density at radius 1 is 1.27 bits per heavy atom. The molecule has 0 saturated carbocycles. The summed E-state index contributed by atoms with van der Waals surface area (Å²) in [5, 5.41) is 15.0. The standard InChI is InChI=1S/C22H29N5O6/c1-4-33-22(28)16-6-5-11-26(13-16)21-19(27(29)30)20(24-14-25-21)23-10-9-15-7-8-17(31-2)18(12-15)32-3/h7-8,12,14,16H,4-6,9-11,13H2,1-3H3,(H,23,24,25). The number of carbonyl (C=O) groups excluding carboxylic acids is 1. The van der Waals surface area contributed by atoms with Gasteiger partial charge < -0.3 is 24.4 Å². The zero-order valence-corrected chi connectivity index (χ0v) is 19.1. The van der Waals surface area contributed by atoms with Crippen molar-refractivity contribution in [2.75, 3.05) is 50.7 Å². The number of methoxy groups -OCH3 is 2. The highest BCUT2D eigenvalue weighted by atomic mass is 16.6. The Morgan fingerprint density at radius 3 is 2.76 bits per heavy atom. The fraction of sp³-hybridized carbons (Fsp3) is 0.500. The molecule has 11 heteroatoms. The number of nitrogens with zero attached hydrogens (tertiary/aromatic N) is 4. The highest BCUT2D eigenvalue weighted by molar-refractivity contribution is 5.75. The number of nitrogens with one attached hydrogen (secondary N) is 1. The minimum absolute atomic E-state index is 0.142. The molecule has 1 saturated heterocycles. The van der Waals surface area contributed by atoms with Gasteiger partial charge in [-0.05, 0) is 43.9 Å². The van der Waals surface area contributed by atoms with Crippen LogP contribution in [0.2, 0.25) is 0 Å². The Bertz CT molecular complexity index is 986. The van der Waals surface area contributed by atoms with Gasteiger partial charge in [0.1, 0.15) is 6.33 Å². The van der Waals surface area contributed by atoms with Crippen molar-refractivity contribution in [2.45, 2.75) is 26.2 Å². The number of nitro groups is 1. The molecule has 0 amide bonds. The van der Waals surface area contributed by atoms with E-state index in [1.54, 1.807) is 26.0 Å². The largest absolute Gasteiger partial charge is 0.493 e. The van der Waals surface area contributed by atoms with Gasteiger partial charge in [-0.3, -0.25) is 14.9 Å². The van der Waals surface area contributed by atoms with Crippen LogP contribution in [-0.4, -0.2) is 61.3 Å². The number of anilines is 2. The van der Waals surface area contributed by atoms with Crippen LogP contribution in [-0.2, 0) is 16.0 Å². The lowest BCUT2D eigenvalue weighted by atomic mass is 9.98. The Labute approximate surface area is 192 Å². The molecule has 1 N–H and O–H groups in total. The third-order valence-electron chi connectivity index (χ3n) is 5.48. The normalized spacial score (nSPS) is 15.6. The number of esters is 1. The minimum atomic E-state index is -0.484. The second-order valence-electron chi connectivity index (χ2n) is 7.55. The number of hydrogen-bond donors (Lipinski definition) is 1. The Kier molecular flexibility index (Phi) is 8.22. The second-order valence-corrected chi connectivity index (χ2v) is 7.55. The van der Waals surface area contributed by atoms with Crippen molar-refractivity contribution in [3.8, 4) is 11.5 Å². The fourth-order valence-electron chi connectivity index (χ4n) is 3.88. The lowest BCUT2D eigenvalue weighted by Gasteiger charge is -2.32. The molecule has 0 radical (unpaired) electrons. The number of piperidine rings is 1. The van der Waals surface area contributed by atoms with Crippen molar-refractivity contribution >= 4 is 23.3 Å². The summed E-state index contributed by atoms with van der Waals surface area (Å²) in [5.41, 5.74) is 0.778. The van der Waals surface area contributed by atoms with Gasteiger partial charge >= 0.3 is 11.7 Å². The van der Waals surface area contributed by atoms with E-state index in [0.29, 0.717) is 57.0 Å². The second kappa shape index (κ2) is 11.3. The molecular formula is C22H29N5O6. The molecule has 1 fully saturated rings. The van der Waals surface area contributed by atoms with E-state index in [1.165, 1.54) is 6.33 Å². The van der Waals surface area contributed by atoms with Crippen LogP contribution in [0.25, 0.3) is 0 Å². The number of carbonyl (C=O) groups is 1. The van der Waals surface area contributed by atoms with E-state index in [0.717, 1.165) is 5.56 Å². The van der Waals surface area contributed by atoms with Crippen LogP contribution in [0.15, 0.2) is 24.5 Å². The van der Waals surface area contributed by atoms with Crippen molar-refractivity contribution in [3.63, 3.8) is 0 Å². The highest BCUT2D eigenvalue weighted by Gasteiger charge is 2.33. The summed E-state index contributed by atoms with van der Waals surface area (Å²) in [5.74, 6) is 0.975. The van der Waals surface area contributed by atoms with Gasteiger partial charge in [-0.1, -0.05) is 6.07 Å². The molecule has 33 heavy (non-hydrogen) atoms. The first-order valence-corrected chi connectivity index (χ1v) is 10.8. The van der Waals surface area contributed by atoms with E-state index >= 15 is 0 Å². The summed E-state index contributed by atoms with van der Waals surface area (Å²) in [4.78, 5) is 33.7. The van der Waals surface area contributed by atoms with E-state index in [4.69, 9.17) is 14.2 Å². The summed E-state index contributed by atoms with van der Waals surface area (Å²) in [7, 11) is 3.14. The molecule has 1 aliphatic rings. The monoisotopic (exact) mass is 459 g/mol. The predicted molar refractivity (Wildman–Crippen MR) is 122 cm³/mol. The first-order chi connectivity index (χ1) is 16.0. The van der Waals surface area contributed by atoms with Crippen LogP contribution >= 0.6 is 0 Å².